The third kappa shape index (κ3) is 9.41. The van der Waals surface area contributed by atoms with Crippen molar-refractivity contribution < 1.29 is 14.7 Å². The van der Waals surface area contributed by atoms with Crippen LogP contribution in [-0.4, -0.2) is 41.2 Å². The number of carbonyl (C=O) groups is 2. The summed E-state index contributed by atoms with van der Waals surface area (Å²) in [6.45, 7) is 9.87. The van der Waals surface area contributed by atoms with Gasteiger partial charge in [-0.2, -0.15) is 11.8 Å². The summed E-state index contributed by atoms with van der Waals surface area (Å²) in [5.41, 5.74) is -0.298. The van der Waals surface area contributed by atoms with Gasteiger partial charge in [-0.25, -0.2) is 4.79 Å². The van der Waals surface area contributed by atoms with E-state index in [2.05, 4.69) is 17.2 Å². The molecule has 0 rings (SSSR count). The summed E-state index contributed by atoms with van der Waals surface area (Å²) in [5, 5.41) is 14.3. The standard InChI is InChI=1S/C13H24N2O3S/c1-5-7-19-8-6-14-12(18)15-10(9-11(16)17)13(2,3)4/h5,10H,1,6-9H2,2-4H3,(H,16,17)(H2,14,15,18). The first-order chi connectivity index (χ1) is 8.77. The fourth-order valence-corrected chi connectivity index (χ4v) is 1.94. The number of rotatable bonds is 8. The molecule has 19 heavy (non-hydrogen) atoms. The maximum absolute atomic E-state index is 11.7. The monoisotopic (exact) mass is 288 g/mol. The number of carboxylic acids is 1. The summed E-state index contributed by atoms with van der Waals surface area (Å²) in [6.07, 6.45) is 1.73. The van der Waals surface area contributed by atoms with Crippen molar-refractivity contribution in [2.24, 2.45) is 5.41 Å². The van der Waals surface area contributed by atoms with Crippen LogP contribution in [0.3, 0.4) is 0 Å². The lowest BCUT2D eigenvalue weighted by Crippen LogP contribution is -2.49. The van der Waals surface area contributed by atoms with E-state index in [1.54, 1.807) is 11.8 Å². The van der Waals surface area contributed by atoms with Crippen molar-refractivity contribution in [2.75, 3.05) is 18.1 Å². The third-order valence-electron chi connectivity index (χ3n) is 2.50. The SMILES string of the molecule is C=CCSCCNC(=O)NC(CC(=O)O)C(C)(C)C. The summed E-state index contributed by atoms with van der Waals surface area (Å²) in [6, 6.07) is -0.716. The fraction of sp³-hybridized carbons (Fsp3) is 0.692. The number of carboxylic acid groups (broad SMARTS) is 1. The van der Waals surface area contributed by atoms with E-state index >= 15 is 0 Å². The van der Waals surface area contributed by atoms with Crippen molar-refractivity contribution in [1.29, 1.82) is 0 Å². The Morgan fingerprint density at radius 2 is 2.05 bits per heavy atom. The van der Waals surface area contributed by atoms with Gasteiger partial charge >= 0.3 is 12.0 Å². The minimum Gasteiger partial charge on any atom is -0.481 e. The van der Waals surface area contributed by atoms with Gasteiger partial charge in [0.15, 0.2) is 0 Å². The maximum atomic E-state index is 11.7. The number of hydrogen-bond acceptors (Lipinski definition) is 3. The van der Waals surface area contributed by atoms with Crippen LogP contribution in [0.15, 0.2) is 12.7 Å². The molecule has 0 bridgehead atoms. The molecule has 1 unspecified atom stereocenters. The second kappa shape index (κ2) is 8.85. The lowest BCUT2D eigenvalue weighted by atomic mass is 9.85. The van der Waals surface area contributed by atoms with Crippen LogP contribution in [-0.2, 0) is 4.79 Å². The van der Waals surface area contributed by atoms with Gasteiger partial charge in [0.25, 0.3) is 0 Å². The number of thioether (sulfide) groups is 1. The van der Waals surface area contributed by atoms with Gasteiger partial charge in [-0.3, -0.25) is 4.79 Å². The van der Waals surface area contributed by atoms with E-state index in [0.717, 1.165) is 11.5 Å². The molecule has 0 heterocycles. The first-order valence-corrected chi connectivity index (χ1v) is 7.37. The molecule has 3 N–H and O–H groups in total. The molecule has 5 nitrogen and oxygen atoms in total. The van der Waals surface area contributed by atoms with Gasteiger partial charge < -0.3 is 15.7 Å². The molecule has 1 atom stereocenters. The molecule has 0 aliphatic rings. The number of aliphatic carboxylic acids is 1. The van der Waals surface area contributed by atoms with E-state index < -0.39 is 12.0 Å². The Balaban J connectivity index is 4.10. The average molecular weight is 288 g/mol. The summed E-state index contributed by atoms with van der Waals surface area (Å²) >= 11 is 1.68. The van der Waals surface area contributed by atoms with Crippen LogP contribution in [0.5, 0.6) is 0 Å². The van der Waals surface area contributed by atoms with Gasteiger partial charge in [0.2, 0.25) is 0 Å². The highest BCUT2D eigenvalue weighted by molar-refractivity contribution is 7.99. The van der Waals surface area contributed by atoms with Gasteiger partial charge in [-0.05, 0) is 5.41 Å². The molecular formula is C13H24N2O3S. The molecule has 110 valence electrons. The Labute approximate surface area is 119 Å². The van der Waals surface area contributed by atoms with Crippen LogP contribution in [0.25, 0.3) is 0 Å². The van der Waals surface area contributed by atoms with Crippen LogP contribution in [0.4, 0.5) is 4.79 Å². The number of hydrogen-bond donors (Lipinski definition) is 3. The lowest BCUT2D eigenvalue weighted by molar-refractivity contribution is -0.138. The first kappa shape index (κ1) is 17.8. The molecule has 0 saturated heterocycles. The van der Waals surface area contributed by atoms with Crippen molar-refractivity contribution in [2.45, 2.75) is 33.2 Å². The highest BCUT2D eigenvalue weighted by Crippen LogP contribution is 2.21. The summed E-state index contributed by atoms with van der Waals surface area (Å²) in [7, 11) is 0. The Bertz CT molecular complexity index is 314. The number of amides is 2. The van der Waals surface area contributed by atoms with Gasteiger partial charge in [-0.1, -0.05) is 26.8 Å². The van der Waals surface area contributed by atoms with Gasteiger partial charge in [0.1, 0.15) is 0 Å². The zero-order valence-corrected chi connectivity index (χ0v) is 12.7. The summed E-state index contributed by atoms with van der Waals surface area (Å²) in [4.78, 5) is 22.5. The highest BCUT2D eigenvalue weighted by Gasteiger charge is 2.28. The molecule has 0 aliphatic heterocycles. The van der Waals surface area contributed by atoms with E-state index in [4.69, 9.17) is 5.11 Å². The normalized spacial score (nSPS) is 12.6. The average Bonchev–Trinajstić information content (AvgIpc) is 2.26. The van der Waals surface area contributed by atoms with Crippen molar-refractivity contribution in [3.05, 3.63) is 12.7 Å². The zero-order chi connectivity index (χ0) is 14.9. The van der Waals surface area contributed by atoms with Crippen LogP contribution in [0, 0.1) is 5.41 Å². The predicted octanol–water partition coefficient (Wildman–Crippen LogP) is 2.09. The molecule has 0 saturated carbocycles. The summed E-state index contributed by atoms with van der Waals surface area (Å²) in [5.74, 6) is 0.743. The Morgan fingerprint density at radius 1 is 1.42 bits per heavy atom. The Kier molecular flexibility index (Phi) is 8.30. The fourth-order valence-electron chi connectivity index (χ4n) is 1.36. The Morgan fingerprint density at radius 3 is 2.53 bits per heavy atom. The Hall–Kier alpha value is -1.17. The van der Waals surface area contributed by atoms with Crippen molar-refractivity contribution in [3.63, 3.8) is 0 Å². The minimum absolute atomic E-state index is 0.0812. The number of nitrogens with one attached hydrogen (secondary N) is 2. The van der Waals surface area contributed by atoms with Crippen LogP contribution < -0.4 is 10.6 Å². The minimum atomic E-state index is -0.915. The van der Waals surface area contributed by atoms with Crippen LogP contribution in [0.2, 0.25) is 0 Å². The maximum Gasteiger partial charge on any atom is 0.315 e. The predicted molar refractivity (Wildman–Crippen MR) is 79.6 cm³/mol. The smallest absolute Gasteiger partial charge is 0.315 e. The molecule has 0 radical (unpaired) electrons. The van der Waals surface area contributed by atoms with Crippen LogP contribution in [0.1, 0.15) is 27.2 Å². The van der Waals surface area contributed by atoms with Crippen molar-refractivity contribution in [3.8, 4) is 0 Å². The van der Waals surface area contributed by atoms with Gasteiger partial charge in [0, 0.05) is 24.1 Å². The van der Waals surface area contributed by atoms with Gasteiger partial charge in [0.05, 0.1) is 6.42 Å². The quantitative estimate of drug-likeness (QED) is 0.472. The van der Waals surface area contributed by atoms with E-state index in [1.807, 2.05) is 26.8 Å². The molecule has 0 spiro atoms. The highest BCUT2D eigenvalue weighted by atomic mass is 32.2. The van der Waals surface area contributed by atoms with Crippen LogP contribution >= 0.6 is 11.8 Å². The molecule has 0 aromatic rings. The second-order valence-corrected chi connectivity index (χ2v) is 6.43. The molecule has 2 amide bonds. The third-order valence-corrected chi connectivity index (χ3v) is 3.46. The molecule has 0 fully saturated rings. The van der Waals surface area contributed by atoms with E-state index in [-0.39, 0.29) is 17.9 Å². The zero-order valence-electron chi connectivity index (χ0n) is 11.9. The number of carbonyl (C=O) groups excluding carboxylic acids is 1. The largest absolute Gasteiger partial charge is 0.481 e. The molecule has 0 aromatic heterocycles. The molecule has 0 aliphatic carbocycles. The van der Waals surface area contributed by atoms with E-state index in [0.29, 0.717) is 6.54 Å². The first-order valence-electron chi connectivity index (χ1n) is 6.22. The lowest BCUT2D eigenvalue weighted by Gasteiger charge is -2.30. The number of urea groups is 1. The molecular weight excluding hydrogens is 264 g/mol. The van der Waals surface area contributed by atoms with Crippen molar-refractivity contribution in [1.82, 2.24) is 10.6 Å². The topological polar surface area (TPSA) is 78.4 Å². The van der Waals surface area contributed by atoms with E-state index in [9.17, 15) is 9.59 Å². The second-order valence-electron chi connectivity index (χ2n) is 5.28. The van der Waals surface area contributed by atoms with E-state index in [1.165, 1.54) is 0 Å². The van der Waals surface area contributed by atoms with Crippen molar-refractivity contribution >= 4 is 23.8 Å². The molecule has 0 aromatic carbocycles. The van der Waals surface area contributed by atoms with Gasteiger partial charge in [-0.15, -0.1) is 6.58 Å². The summed E-state index contributed by atoms with van der Waals surface area (Å²) < 4.78 is 0. The molecule has 6 heteroatoms.